The number of aliphatic hydroxyl groups excluding tert-OH is 1. The van der Waals surface area contributed by atoms with E-state index < -0.39 is 6.10 Å². The van der Waals surface area contributed by atoms with E-state index in [0.717, 1.165) is 25.6 Å². The molecule has 2 heterocycles. The molecule has 0 amide bonds. The maximum absolute atomic E-state index is 12.9. The number of likely N-dealkylation sites (tertiary alicyclic amines) is 2. The molecule has 2 N–H and O–H groups in total. The second kappa shape index (κ2) is 13.3. The Labute approximate surface area is 196 Å². The van der Waals surface area contributed by atoms with E-state index in [1.165, 1.54) is 57.5 Å². The quantitative estimate of drug-likeness (QED) is 0.305. The molecule has 0 bridgehead atoms. The van der Waals surface area contributed by atoms with Crippen molar-refractivity contribution in [3.05, 3.63) is 30.1 Å². The molecule has 0 saturated carbocycles. The zero-order valence-electron chi connectivity index (χ0n) is 17.9. The number of rotatable bonds is 8. The number of aliphatic imine (C=N–C) groups is 1. The largest absolute Gasteiger partial charge is 0.491 e. The van der Waals surface area contributed by atoms with Gasteiger partial charge in [0.25, 0.3) is 0 Å². The van der Waals surface area contributed by atoms with Gasteiger partial charge in [-0.25, -0.2) is 4.39 Å². The van der Waals surface area contributed by atoms with Crippen LogP contribution in [0.5, 0.6) is 5.75 Å². The normalized spacial score (nSPS) is 21.2. The SMILES string of the molecule is CCNC(=NCC(O)COc1ccc(F)cc1)N1CCC(CN2CCCCC2)C1.I. The zero-order valence-corrected chi connectivity index (χ0v) is 20.3. The first-order chi connectivity index (χ1) is 14.1. The lowest BCUT2D eigenvalue weighted by Crippen LogP contribution is -2.42. The Morgan fingerprint density at radius 2 is 1.97 bits per heavy atom. The summed E-state index contributed by atoms with van der Waals surface area (Å²) in [5.41, 5.74) is 0. The molecule has 1 aromatic carbocycles. The smallest absolute Gasteiger partial charge is 0.194 e. The van der Waals surface area contributed by atoms with Crippen LogP contribution in [0.15, 0.2) is 29.3 Å². The van der Waals surface area contributed by atoms with Crippen molar-refractivity contribution < 1.29 is 14.2 Å². The molecule has 30 heavy (non-hydrogen) atoms. The summed E-state index contributed by atoms with van der Waals surface area (Å²) in [7, 11) is 0. The van der Waals surface area contributed by atoms with Gasteiger partial charge in [0.2, 0.25) is 0 Å². The highest BCUT2D eigenvalue weighted by atomic mass is 127. The lowest BCUT2D eigenvalue weighted by atomic mass is 10.1. The number of hydrogen-bond acceptors (Lipinski definition) is 4. The standard InChI is InChI=1S/C22H35FN4O2.HI/c1-2-24-22(25-14-20(28)17-29-21-8-6-19(23)7-9-21)27-13-10-18(16-27)15-26-11-4-3-5-12-26;/h6-9,18,20,28H,2-5,10-17H2,1H3,(H,24,25);1H. The van der Waals surface area contributed by atoms with E-state index in [4.69, 9.17) is 4.74 Å². The maximum atomic E-state index is 12.9. The van der Waals surface area contributed by atoms with E-state index in [0.29, 0.717) is 11.7 Å². The number of nitrogens with zero attached hydrogens (tertiary/aromatic N) is 3. The average Bonchev–Trinajstić information content (AvgIpc) is 3.19. The summed E-state index contributed by atoms with van der Waals surface area (Å²) < 4.78 is 18.5. The average molecular weight is 534 g/mol. The van der Waals surface area contributed by atoms with Gasteiger partial charge in [0.1, 0.15) is 24.3 Å². The van der Waals surface area contributed by atoms with E-state index >= 15 is 0 Å². The van der Waals surface area contributed by atoms with Crippen LogP contribution < -0.4 is 10.1 Å². The Hall–Kier alpha value is -1.13. The van der Waals surface area contributed by atoms with Gasteiger partial charge < -0.3 is 25.0 Å². The molecule has 8 heteroatoms. The van der Waals surface area contributed by atoms with Gasteiger partial charge in [0, 0.05) is 26.2 Å². The molecule has 0 radical (unpaired) electrons. The molecule has 0 aromatic heterocycles. The molecule has 2 aliphatic heterocycles. The van der Waals surface area contributed by atoms with Crippen molar-refractivity contribution in [1.29, 1.82) is 0 Å². The van der Waals surface area contributed by atoms with Crippen molar-refractivity contribution in [3.8, 4) is 5.75 Å². The number of aliphatic hydroxyl groups is 1. The number of guanidine groups is 1. The van der Waals surface area contributed by atoms with Gasteiger partial charge in [-0.1, -0.05) is 6.42 Å². The Bertz CT molecular complexity index is 641. The van der Waals surface area contributed by atoms with Crippen LogP contribution in [0.2, 0.25) is 0 Å². The van der Waals surface area contributed by atoms with Crippen molar-refractivity contribution in [1.82, 2.24) is 15.1 Å². The second-order valence-corrected chi connectivity index (χ2v) is 8.08. The van der Waals surface area contributed by atoms with Crippen LogP contribution >= 0.6 is 24.0 Å². The molecule has 0 aliphatic carbocycles. The summed E-state index contributed by atoms with van der Waals surface area (Å²) in [5, 5.41) is 13.6. The van der Waals surface area contributed by atoms with Crippen LogP contribution in [-0.4, -0.2) is 79.4 Å². The number of halogens is 2. The molecular weight excluding hydrogens is 498 g/mol. The van der Waals surface area contributed by atoms with Crippen molar-refractivity contribution in [2.75, 3.05) is 52.4 Å². The molecule has 0 spiro atoms. The Balaban J connectivity index is 0.00000320. The first-order valence-corrected chi connectivity index (χ1v) is 11.0. The van der Waals surface area contributed by atoms with Gasteiger partial charge >= 0.3 is 0 Å². The highest BCUT2D eigenvalue weighted by Gasteiger charge is 2.27. The maximum Gasteiger partial charge on any atom is 0.194 e. The zero-order chi connectivity index (χ0) is 20.5. The Morgan fingerprint density at radius 3 is 2.67 bits per heavy atom. The molecule has 2 fully saturated rings. The monoisotopic (exact) mass is 534 g/mol. The Morgan fingerprint density at radius 1 is 1.23 bits per heavy atom. The minimum atomic E-state index is -0.708. The van der Waals surface area contributed by atoms with E-state index in [2.05, 4.69) is 27.0 Å². The first-order valence-electron chi connectivity index (χ1n) is 11.0. The third-order valence-electron chi connectivity index (χ3n) is 5.59. The highest BCUT2D eigenvalue weighted by molar-refractivity contribution is 14.0. The third-order valence-corrected chi connectivity index (χ3v) is 5.59. The first kappa shape index (κ1) is 25.1. The van der Waals surface area contributed by atoms with Gasteiger partial charge in [-0.05, 0) is 69.5 Å². The fourth-order valence-electron chi connectivity index (χ4n) is 4.07. The lowest BCUT2D eigenvalue weighted by Gasteiger charge is -2.29. The predicted molar refractivity (Wildman–Crippen MR) is 129 cm³/mol. The van der Waals surface area contributed by atoms with Crippen molar-refractivity contribution in [3.63, 3.8) is 0 Å². The van der Waals surface area contributed by atoms with E-state index in [9.17, 15) is 9.50 Å². The number of ether oxygens (including phenoxy) is 1. The molecule has 2 atom stereocenters. The summed E-state index contributed by atoms with van der Waals surface area (Å²) in [5.74, 6) is 1.79. The predicted octanol–water partition coefficient (Wildman–Crippen LogP) is 2.96. The lowest BCUT2D eigenvalue weighted by molar-refractivity contribution is 0.114. The minimum Gasteiger partial charge on any atom is -0.491 e. The molecule has 2 saturated heterocycles. The van der Waals surface area contributed by atoms with Gasteiger partial charge in [-0.2, -0.15) is 0 Å². The topological polar surface area (TPSA) is 60.3 Å². The molecular formula is C22H36FIN4O2. The number of hydrogen-bond donors (Lipinski definition) is 2. The molecule has 6 nitrogen and oxygen atoms in total. The van der Waals surface area contributed by atoms with Crippen LogP contribution in [0.25, 0.3) is 0 Å². The molecule has 3 rings (SSSR count). The highest BCUT2D eigenvalue weighted by Crippen LogP contribution is 2.20. The van der Waals surface area contributed by atoms with Crippen LogP contribution in [0.4, 0.5) is 4.39 Å². The van der Waals surface area contributed by atoms with Crippen LogP contribution in [0, 0.1) is 11.7 Å². The molecule has 2 unspecified atom stereocenters. The van der Waals surface area contributed by atoms with E-state index in [1.54, 1.807) is 12.1 Å². The minimum absolute atomic E-state index is 0. The number of piperidine rings is 1. The van der Waals surface area contributed by atoms with Gasteiger partial charge in [0.05, 0.1) is 6.54 Å². The van der Waals surface area contributed by atoms with Gasteiger partial charge in [-0.15, -0.1) is 24.0 Å². The van der Waals surface area contributed by atoms with Gasteiger partial charge in [-0.3, -0.25) is 4.99 Å². The van der Waals surface area contributed by atoms with Crippen LogP contribution in [-0.2, 0) is 0 Å². The fraction of sp³-hybridized carbons (Fsp3) is 0.682. The Kier molecular flexibility index (Phi) is 11.2. The number of nitrogens with one attached hydrogen (secondary N) is 1. The second-order valence-electron chi connectivity index (χ2n) is 8.08. The summed E-state index contributed by atoms with van der Waals surface area (Å²) in [6.45, 7) is 8.96. The summed E-state index contributed by atoms with van der Waals surface area (Å²) in [6.07, 6.45) is 4.52. The van der Waals surface area contributed by atoms with Crippen LogP contribution in [0.3, 0.4) is 0 Å². The van der Waals surface area contributed by atoms with Crippen molar-refractivity contribution in [2.45, 2.75) is 38.7 Å². The van der Waals surface area contributed by atoms with E-state index in [-0.39, 0.29) is 42.9 Å². The molecule has 170 valence electrons. The van der Waals surface area contributed by atoms with Crippen molar-refractivity contribution in [2.24, 2.45) is 10.9 Å². The fourth-order valence-corrected chi connectivity index (χ4v) is 4.07. The number of benzene rings is 1. The molecule has 2 aliphatic rings. The third kappa shape index (κ3) is 8.19. The summed E-state index contributed by atoms with van der Waals surface area (Å²) >= 11 is 0. The van der Waals surface area contributed by atoms with Crippen molar-refractivity contribution >= 4 is 29.9 Å². The van der Waals surface area contributed by atoms with Gasteiger partial charge in [0.15, 0.2) is 5.96 Å². The molecule has 1 aromatic rings. The van der Waals surface area contributed by atoms with Crippen LogP contribution in [0.1, 0.15) is 32.6 Å². The summed E-state index contributed by atoms with van der Waals surface area (Å²) in [4.78, 5) is 9.55. The summed E-state index contributed by atoms with van der Waals surface area (Å²) in [6, 6.07) is 5.80. The van der Waals surface area contributed by atoms with E-state index in [1.807, 2.05) is 0 Å².